The summed E-state index contributed by atoms with van der Waals surface area (Å²) in [6.07, 6.45) is 1.53. The van der Waals surface area contributed by atoms with Crippen molar-refractivity contribution in [3.63, 3.8) is 0 Å². The van der Waals surface area contributed by atoms with Crippen LogP contribution in [0.4, 0.5) is 10.5 Å². The lowest BCUT2D eigenvalue weighted by Gasteiger charge is -2.13. The highest BCUT2D eigenvalue weighted by Crippen LogP contribution is 2.35. The van der Waals surface area contributed by atoms with Crippen LogP contribution < -0.4 is 10.1 Å². The SMILES string of the molecule is O=C(COc1ccc(Cl)cc1/C=C1\SC(=O)N(Cc2ccc(Cl)cc2)C1=O)Nc1ccccc1Cl. The highest BCUT2D eigenvalue weighted by molar-refractivity contribution is 8.18. The van der Waals surface area contributed by atoms with Crippen molar-refractivity contribution in [2.24, 2.45) is 0 Å². The van der Waals surface area contributed by atoms with Crippen LogP contribution in [0.3, 0.4) is 0 Å². The van der Waals surface area contributed by atoms with Crippen molar-refractivity contribution in [2.45, 2.75) is 6.54 Å². The number of anilines is 1. The molecule has 0 aromatic heterocycles. The number of hydrogen-bond donors (Lipinski definition) is 1. The lowest BCUT2D eigenvalue weighted by Crippen LogP contribution is -2.27. The fraction of sp³-hybridized carbons (Fsp3) is 0.0800. The van der Waals surface area contributed by atoms with Gasteiger partial charge in [0.1, 0.15) is 5.75 Å². The maximum Gasteiger partial charge on any atom is 0.293 e. The number of rotatable bonds is 7. The molecule has 6 nitrogen and oxygen atoms in total. The molecule has 0 saturated carbocycles. The third kappa shape index (κ3) is 6.38. The zero-order valence-electron chi connectivity index (χ0n) is 18.0. The van der Waals surface area contributed by atoms with Gasteiger partial charge in [-0.1, -0.05) is 59.1 Å². The first-order valence-electron chi connectivity index (χ1n) is 10.3. The van der Waals surface area contributed by atoms with Crippen LogP contribution in [-0.4, -0.2) is 28.6 Å². The van der Waals surface area contributed by atoms with Crippen LogP contribution in [0.2, 0.25) is 15.1 Å². The molecule has 0 bridgehead atoms. The summed E-state index contributed by atoms with van der Waals surface area (Å²) in [5.74, 6) is -0.521. The van der Waals surface area contributed by atoms with Gasteiger partial charge < -0.3 is 10.1 Å². The number of ether oxygens (including phenoxy) is 1. The third-order valence-electron chi connectivity index (χ3n) is 4.89. The van der Waals surface area contributed by atoms with Gasteiger partial charge in [-0.05, 0) is 65.9 Å². The Morgan fingerprint density at radius 1 is 0.971 bits per heavy atom. The molecule has 1 N–H and O–H groups in total. The van der Waals surface area contributed by atoms with Gasteiger partial charge in [-0.15, -0.1) is 0 Å². The lowest BCUT2D eigenvalue weighted by molar-refractivity contribution is -0.123. The molecule has 0 radical (unpaired) electrons. The molecular formula is C25H17Cl3N2O4S. The van der Waals surface area contributed by atoms with Crippen molar-refractivity contribution in [1.29, 1.82) is 0 Å². The second kappa shape index (κ2) is 11.2. The van der Waals surface area contributed by atoms with Gasteiger partial charge >= 0.3 is 0 Å². The molecule has 4 rings (SSSR count). The first-order valence-corrected chi connectivity index (χ1v) is 12.2. The molecule has 1 aliphatic rings. The number of nitrogens with one attached hydrogen (secondary N) is 1. The van der Waals surface area contributed by atoms with E-state index in [4.69, 9.17) is 39.5 Å². The van der Waals surface area contributed by atoms with E-state index < -0.39 is 11.8 Å². The summed E-state index contributed by atoms with van der Waals surface area (Å²) >= 11 is 18.9. The molecule has 10 heteroatoms. The summed E-state index contributed by atoms with van der Waals surface area (Å²) in [6.45, 7) is -0.175. The zero-order chi connectivity index (χ0) is 24.9. The van der Waals surface area contributed by atoms with Gasteiger partial charge in [0, 0.05) is 15.6 Å². The molecule has 1 heterocycles. The van der Waals surface area contributed by atoms with Gasteiger partial charge in [0.05, 0.1) is 22.2 Å². The largest absolute Gasteiger partial charge is 0.483 e. The number of hydrogen-bond acceptors (Lipinski definition) is 5. The van der Waals surface area contributed by atoms with E-state index in [0.29, 0.717) is 32.1 Å². The molecule has 1 aliphatic heterocycles. The van der Waals surface area contributed by atoms with Crippen molar-refractivity contribution in [1.82, 2.24) is 4.90 Å². The van der Waals surface area contributed by atoms with Gasteiger partial charge in [0.15, 0.2) is 6.61 Å². The van der Waals surface area contributed by atoms with Crippen LogP contribution in [0, 0.1) is 0 Å². The highest BCUT2D eigenvalue weighted by atomic mass is 35.5. The van der Waals surface area contributed by atoms with Gasteiger partial charge in [-0.3, -0.25) is 19.3 Å². The molecule has 3 amide bonds. The summed E-state index contributed by atoms with van der Waals surface area (Å²) in [5.41, 5.74) is 1.70. The van der Waals surface area contributed by atoms with Crippen LogP contribution in [-0.2, 0) is 16.1 Å². The van der Waals surface area contributed by atoms with Gasteiger partial charge in [0.2, 0.25) is 0 Å². The Bertz CT molecular complexity index is 1330. The average Bonchev–Trinajstić information content (AvgIpc) is 3.09. The van der Waals surface area contributed by atoms with E-state index in [0.717, 1.165) is 22.2 Å². The topological polar surface area (TPSA) is 75.7 Å². The molecule has 1 saturated heterocycles. The van der Waals surface area contributed by atoms with Crippen molar-refractivity contribution < 1.29 is 19.1 Å². The first kappa shape index (κ1) is 25.1. The summed E-state index contributed by atoms with van der Waals surface area (Å²) in [6, 6.07) is 18.5. The molecule has 1 fully saturated rings. The second-order valence-corrected chi connectivity index (χ2v) is 9.67. The molecule has 178 valence electrons. The number of thioether (sulfide) groups is 1. The summed E-state index contributed by atoms with van der Waals surface area (Å²) in [7, 11) is 0. The Morgan fingerprint density at radius 3 is 2.43 bits per heavy atom. The number of carbonyl (C=O) groups is 3. The summed E-state index contributed by atoms with van der Waals surface area (Å²) < 4.78 is 5.68. The van der Waals surface area contributed by atoms with Gasteiger partial charge in [-0.25, -0.2) is 0 Å². The average molecular weight is 548 g/mol. The number of amides is 3. The maximum atomic E-state index is 12.9. The van der Waals surface area contributed by atoms with E-state index in [2.05, 4.69) is 5.32 Å². The zero-order valence-corrected chi connectivity index (χ0v) is 21.0. The fourth-order valence-corrected chi connectivity index (χ4v) is 4.52. The molecular weight excluding hydrogens is 531 g/mol. The number of nitrogens with zero attached hydrogens (tertiary/aromatic N) is 1. The molecule has 0 unspecified atom stereocenters. The standard InChI is InChI=1S/C25H17Cl3N2O4S/c26-17-7-5-15(6-8-17)13-30-24(32)22(35-25(30)33)12-16-11-18(27)9-10-21(16)34-14-23(31)29-20-4-2-1-3-19(20)28/h1-12H,13-14H2,(H,29,31)/b22-12-. The lowest BCUT2D eigenvalue weighted by atomic mass is 10.1. The minimum absolute atomic E-state index is 0.125. The van der Waals surface area contributed by atoms with Gasteiger partial charge in [0.25, 0.3) is 17.1 Å². The smallest absolute Gasteiger partial charge is 0.293 e. The Kier molecular flexibility index (Phi) is 8.03. The van der Waals surface area contributed by atoms with Crippen LogP contribution >= 0.6 is 46.6 Å². The van der Waals surface area contributed by atoms with Crippen LogP contribution in [0.1, 0.15) is 11.1 Å². The van der Waals surface area contributed by atoms with Gasteiger partial charge in [-0.2, -0.15) is 0 Å². The van der Waals surface area contributed by atoms with Crippen LogP contribution in [0.25, 0.3) is 6.08 Å². The molecule has 3 aromatic rings. The minimum atomic E-state index is -0.433. The van der Waals surface area contributed by atoms with Crippen LogP contribution in [0.15, 0.2) is 71.6 Å². The van der Waals surface area contributed by atoms with E-state index in [-0.39, 0.29) is 23.3 Å². The molecule has 3 aromatic carbocycles. The number of carbonyl (C=O) groups excluding carboxylic acids is 3. The van der Waals surface area contributed by atoms with Crippen LogP contribution in [0.5, 0.6) is 5.75 Å². The second-order valence-electron chi connectivity index (χ2n) is 7.39. The third-order valence-corrected chi connectivity index (χ3v) is 6.62. The Labute approximate surface area is 220 Å². The van der Waals surface area contributed by atoms with E-state index in [1.807, 2.05) is 0 Å². The fourth-order valence-electron chi connectivity index (χ4n) is 3.21. The van der Waals surface area contributed by atoms with Crippen molar-refractivity contribution in [2.75, 3.05) is 11.9 Å². The van der Waals surface area contributed by atoms with Crippen molar-refractivity contribution in [3.05, 3.63) is 97.8 Å². The summed E-state index contributed by atoms with van der Waals surface area (Å²) in [4.78, 5) is 39.1. The monoisotopic (exact) mass is 546 g/mol. The quantitative estimate of drug-likeness (QED) is 0.326. The minimum Gasteiger partial charge on any atom is -0.483 e. The molecule has 35 heavy (non-hydrogen) atoms. The Morgan fingerprint density at radius 2 is 1.69 bits per heavy atom. The molecule has 0 aliphatic carbocycles. The number of para-hydroxylation sites is 1. The first-order chi connectivity index (χ1) is 16.8. The number of benzene rings is 3. The van der Waals surface area contributed by atoms with Crippen molar-refractivity contribution >= 4 is 75.4 Å². The Balaban J connectivity index is 1.48. The van der Waals surface area contributed by atoms with E-state index >= 15 is 0 Å². The maximum absolute atomic E-state index is 12.9. The predicted octanol–water partition coefficient (Wildman–Crippen LogP) is 6.90. The summed E-state index contributed by atoms with van der Waals surface area (Å²) in [5, 5.41) is 3.66. The normalized spacial score (nSPS) is 14.5. The van der Waals surface area contributed by atoms with E-state index in [1.54, 1.807) is 66.7 Å². The van der Waals surface area contributed by atoms with Crippen molar-refractivity contribution in [3.8, 4) is 5.75 Å². The molecule has 0 spiro atoms. The van der Waals surface area contributed by atoms with E-state index in [1.165, 1.54) is 6.08 Å². The Hall–Kier alpha value is -2.97. The predicted molar refractivity (Wildman–Crippen MR) is 140 cm³/mol. The highest BCUT2D eigenvalue weighted by Gasteiger charge is 2.35. The molecule has 0 atom stereocenters. The number of halogens is 3. The van der Waals surface area contributed by atoms with E-state index in [9.17, 15) is 14.4 Å². The number of imide groups is 1.